The van der Waals surface area contributed by atoms with Gasteiger partial charge in [-0.25, -0.2) is 23.5 Å². The van der Waals surface area contributed by atoms with Crippen LogP contribution in [0.5, 0.6) is 0 Å². The van der Waals surface area contributed by atoms with Gasteiger partial charge in [-0.15, -0.1) is 11.3 Å². The molecule has 1 amide bonds. The predicted octanol–water partition coefficient (Wildman–Crippen LogP) is 4.87. The van der Waals surface area contributed by atoms with Crippen molar-refractivity contribution in [2.45, 2.75) is 51.7 Å². The Labute approximate surface area is 262 Å². The fourth-order valence-corrected chi connectivity index (χ4v) is 7.64. The van der Waals surface area contributed by atoms with E-state index in [1.165, 1.54) is 0 Å². The Morgan fingerprint density at radius 1 is 1.11 bits per heavy atom. The second kappa shape index (κ2) is 10.8. The van der Waals surface area contributed by atoms with Gasteiger partial charge in [0.2, 0.25) is 5.95 Å². The molecule has 3 aromatic heterocycles. The highest BCUT2D eigenvalue weighted by molar-refractivity contribution is 7.23. The molecule has 6 heterocycles. The molecule has 0 aliphatic carbocycles. The maximum absolute atomic E-state index is 16.9. The van der Waals surface area contributed by atoms with Gasteiger partial charge in [-0.05, 0) is 46.0 Å². The third-order valence-corrected chi connectivity index (χ3v) is 9.91. The van der Waals surface area contributed by atoms with Crippen LogP contribution in [-0.4, -0.2) is 88.8 Å². The lowest BCUT2D eigenvalue weighted by Gasteiger charge is -2.40. The van der Waals surface area contributed by atoms with Gasteiger partial charge in [-0.3, -0.25) is 20.1 Å². The number of amides is 1. The number of nitrogens with zero attached hydrogens (tertiary/aromatic N) is 7. The van der Waals surface area contributed by atoms with Crippen LogP contribution in [0, 0.1) is 23.0 Å². The number of carbonyl (C=O) groups is 1. The monoisotopic (exact) mass is 634 g/mol. The van der Waals surface area contributed by atoms with Crippen LogP contribution in [0.2, 0.25) is 0 Å². The summed E-state index contributed by atoms with van der Waals surface area (Å²) in [6.07, 6.45) is 1.85. The third kappa shape index (κ3) is 4.94. The van der Waals surface area contributed by atoms with Gasteiger partial charge in [0.05, 0.1) is 35.4 Å². The van der Waals surface area contributed by atoms with Crippen LogP contribution < -0.4 is 10.2 Å². The molecule has 0 unspecified atom stereocenters. The highest BCUT2D eigenvalue weighted by Gasteiger charge is 2.41. The van der Waals surface area contributed by atoms with Gasteiger partial charge < -0.3 is 14.4 Å². The summed E-state index contributed by atoms with van der Waals surface area (Å²) >= 11 is 0.867. The number of likely N-dealkylation sites (N-methyl/N-ethyl adjacent to an activating group) is 2. The number of fused-ring (bicyclic) bond motifs is 5. The number of nitrogens with one attached hydrogen (secondary N) is 1. The molecule has 1 aromatic carbocycles. The van der Waals surface area contributed by atoms with Crippen molar-refractivity contribution in [1.29, 1.82) is 5.26 Å². The van der Waals surface area contributed by atoms with E-state index in [-0.39, 0.29) is 50.6 Å². The van der Waals surface area contributed by atoms with Crippen LogP contribution in [0.15, 0.2) is 12.4 Å². The molecular formula is C31H32F2N8O3S. The summed E-state index contributed by atoms with van der Waals surface area (Å²) in [4.78, 5) is 33.1. The predicted molar refractivity (Wildman–Crippen MR) is 166 cm³/mol. The van der Waals surface area contributed by atoms with Gasteiger partial charge in [0.25, 0.3) is 0 Å². The largest absolute Gasteiger partial charge is 0.444 e. The van der Waals surface area contributed by atoms with Crippen molar-refractivity contribution in [3.8, 4) is 17.3 Å². The SMILES string of the molecule is CN1CCN(C)[C@H]2CN(c3ncc4c5c(c(-c6ncc(F)c7sc(NC(=O)OC(C)(C)C)c(C#N)c67)c(F)c4n3)COC5)C[C@H]21. The first kappa shape index (κ1) is 29.7. The molecule has 11 nitrogen and oxygen atoms in total. The molecule has 14 heteroatoms. The molecule has 2 atom stereocenters. The maximum atomic E-state index is 16.9. The molecule has 0 bridgehead atoms. The summed E-state index contributed by atoms with van der Waals surface area (Å²) in [7, 11) is 4.24. The Morgan fingerprint density at radius 2 is 1.80 bits per heavy atom. The summed E-state index contributed by atoms with van der Waals surface area (Å²) < 4.78 is 43.3. The van der Waals surface area contributed by atoms with E-state index < -0.39 is 23.3 Å². The van der Waals surface area contributed by atoms with E-state index in [2.05, 4.69) is 50.1 Å². The second-order valence-electron chi connectivity index (χ2n) is 12.8. The van der Waals surface area contributed by atoms with Gasteiger partial charge in [0.1, 0.15) is 22.2 Å². The van der Waals surface area contributed by atoms with Crippen molar-refractivity contribution in [3.63, 3.8) is 0 Å². The van der Waals surface area contributed by atoms with Gasteiger partial charge in [0.15, 0.2) is 11.6 Å². The van der Waals surface area contributed by atoms with Crippen molar-refractivity contribution in [1.82, 2.24) is 24.8 Å². The summed E-state index contributed by atoms with van der Waals surface area (Å²) in [6.45, 7) is 8.81. The second-order valence-corrected chi connectivity index (χ2v) is 13.8. The number of ether oxygens (including phenoxy) is 2. The standard InChI is InChI=1S/C31H32F2N8O3S/c1-31(2,3)44-30(42)38-28-15(8-34)23-26(35-10-19(32)27(23)45-28)22-18-14-43-13-17(18)16-9-36-29(37-25(16)24(22)33)41-11-20-21(12-41)40(5)7-6-39(20)4/h9-10,20-21H,6-7,11-14H2,1-5H3,(H,38,42)/t20-,21+. The fourth-order valence-electron chi connectivity index (χ4n) is 6.60. The highest BCUT2D eigenvalue weighted by atomic mass is 32.1. The number of hydrogen-bond donors (Lipinski definition) is 1. The van der Waals surface area contributed by atoms with E-state index in [4.69, 9.17) is 14.5 Å². The molecule has 1 N–H and O–H groups in total. The van der Waals surface area contributed by atoms with E-state index in [0.717, 1.165) is 36.2 Å². The zero-order chi connectivity index (χ0) is 31.8. The van der Waals surface area contributed by atoms with E-state index in [1.54, 1.807) is 27.0 Å². The maximum Gasteiger partial charge on any atom is 0.412 e. The van der Waals surface area contributed by atoms with Crippen LogP contribution >= 0.6 is 11.3 Å². The van der Waals surface area contributed by atoms with Crippen LogP contribution in [0.3, 0.4) is 0 Å². The van der Waals surface area contributed by atoms with Crippen LogP contribution in [0.4, 0.5) is 24.5 Å². The van der Waals surface area contributed by atoms with E-state index in [9.17, 15) is 10.1 Å². The number of nitriles is 1. The lowest BCUT2D eigenvalue weighted by molar-refractivity contribution is 0.0636. The Morgan fingerprint density at radius 3 is 2.47 bits per heavy atom. The Bertz CT molecular complexity index is 1900. The molecule has 2 fully saturated rings. The average Bonchev–Trinajstić information content (AvgIpc) is 3.73. The number of thiophene rings is 1. The van der Waals surface area contributed by atoms with Crippen LogP contribution in [0.25, 0.3) is 32.2 Å². The van der Waals surface area contributed by atoms with Crippen molar-refractivity contribution in [2.75, 3.05) is 50.5 Å². The number of benzene rings is 1. The zero-order valence-electron chi connectivity index (χ0n) is 25.6. The van der Waals surface area contributed by atoms with Crippen molar-refractivity contribution in [3.05, 3.63) is 40.7 Å². The molecule has 4 aromatic rings. The minimum Gasteiger partial charge on any atom is -0.444 e. The summed E-state index contributed by atoms with van der Waals surface area (Å²) in [5.74, 6) is -0.922. The lowest BCUT2D eigenvalue weighted by Crippen LogP contribution is -2.56. The third-order valence-electron chi connectivity index (χ3n) is 8.80. The first-order chi connectivity index (χ1) is 21.4. The minimum atomic E-state index is -0.796. The summed E-state index contributed by atoms with van der Waals surface area (Å²) in [5.41, 5.74) is 0.722. The average molecular weight is 635 g/mol. The number of hydrogen-bond acceptors (Lipinski definition) is 11. The Kier molecular flexibility index (Phi) is 7.12. The first-order valence-corrected chi connectivity index (χ1v) is 15.5. The molecule has 3 aliphatic rings. The number of anilines is 2. The van der Waals surface area contributed by atoms with Crippen molar-refractivity contribution in [2.24, 2.45) is 0 Å². The van der Waals surface area contributed by atoms with Gasteiger partial charge in [-0.2, -0.15) is 5.26 Å². The fraction of sp³-hybridized carbons (Fsp3) is 0.452. The van der Waals surface area contributed by atoms with E-state index >= 15 is 8.78 Å². The number of halogens is 2. The minimum absolute atomic E-state index is 0.0358. The molecule has 234 valence electrons. The van der Waals surface area contributed by atoms with Crippen LogP contribution in [-0.2, 0) is 22.7 Å². The van der Waals surface area contributed by atoms with Gasteiger partial charge >= 0.3 is 6.09 Å². The van der Waals surface area contributed by atoms with Crippen molar-refractivity contribution >= 4 is 49.4 Å². The lowest BCUT2D eigenvalue weighted by atomic mass is 9.94. The molecule has 3 aliphatic heterocycles. The Hall–Kier alpha value is -4.03. The molecule has 0 saturated carbocycles. The summed E-state index contributed by atoms with van der Waals surface area (Å²) in [5, 5.41) is 13.5. The molecule has 2 saturated heterocycles. The quantitative estimate of drug-likeness (QED) is 0.334. The molecule has 0 radical (unpaired) electrons. The van der Waals surface area contributed by atoms with E-state index in [0.29, 0.717) is 42.1 Å². The van der Waals surface area contributed by atoms with Gasteiger partial charge in [-0.1, -0.05) is 0 Å². The number of carbonyl (C=O) groups excluding carboxylic acids is 1. The highest BCUT2D eigenvalue weighted by Crippen LogP contribution is 2.46. The molecule has 7 rings (SSSR count). The smallest absolute Gasteiger partial charge is 0.412 e. The van der Waals surface area contributed by atoms with Crippen molar-refractivity contribution < 1.29 is 23.0 Å². The molecule has 0 spiro atoms. The topological polar surface area (TPSA) is 120 Å². The molecule has 45 heavy (non-hydrogen) atoms. The normalized spacial score (nSPS) is 20.4. The van der Waals surface area contributed by atoms with Gasteiger partial charge in [0, 0.05) is 60.8 Å². The molecular weight excluding hydrogens is 602 g/mol. The Balaban J connectivity index is 1.37. The first-order valence-electron chi connectivity index (χ1n) is 14.7. The number of piperazine rings is 1. The van der Waals surface area contributed by atoms with Crippen LogP contribution in [0.1, 0.15) is 37.5 Å². The summed E-state index contributed by atoms with van der Waals surface area (Å²) in [6, 6.07) is 2.68. The number of rotatable bonds is 3. The number of pyridine rings is 1. The van der Waals surface area contributed by atoms with E-state index in [1.807, 2.05) is 0 Å². The zero-order valence-corrected chi connectivity index (χ0v) is 26.4. The number of aromatic nitrogens is 3.